The highest BCUT2D eigenvalue weighted by molar-refractivity contribution is 6.33. The third-order valence-electron chi connectivity index (χ3n) is 2.84. The zero-order chi connectivity index (χ0) is 13.8. The number of hydrogen-bond donors (Lipinski definition) is 3. The van der Waals surface area contributed by atoms with Gasteiger partial charge in [-0.2, -0.15) is 0 Å². The summed E-state index contributed by atoms with van der Waals surface area (Å²) >= 11 is 5.84. The molecule has 0 atom stereocenters. The average molecular weight is 282 g/mol. The molecule has 102 valence electrons. The Morgan fingerprint density at radius 3 is 2.74 bits per heavy atom. The molecule has 19 heavy (non-hydrogen) atoms. The summed E-state index contributed by atoms with van der Waals surface area (Å²) < 4.78 is 0. The molecular formula is C13H16ClN3O2. The summed E-state index contributed by atoms with van der Waals surface area (Å²) in [5.41, 5.74) is 6.43. The van der Waals surface area contributed by atoms with Crippen molar-refractivity contribution in [3.05, 3.63) is 28.8 Å². The second kappa shape index (κ2) is 5.93. The van der Waals surface area contributed by atoms with Gasteiger partial charge in [0.05, 0.1) is 10.7 Å². The van der Waals surface area contributed by atoms with Gasteiger partial charge in [0.25, 0.3) is 5.91 Å². The van der Waals surface area contributed by atoms with Gasteiger partial charge in [-0.05, 0) is 31.0 Å². The maximum atomic E-state index is 11.8. The normalized spacial score (nSPS) is 13.9. The van der Waals surface area contributed by atoms with Crippen LogP contribution in [0.5, 0.6) is 0 Å². The van der Waals surface area contributed by atoms with Gasteiger partial charge in [-0.25, -0.2) is 0 Å². The number of amides is 2. The molecule has 0 bridgehead atoms. The second-order valence-electron chi connectivity index (χ2n) is 4.58. The minimum Gasteiger partial charge on any atom is -0.398 e. The molecule has 1 saturated carbocycles. The van der Waals surface area contributed by atoms with Crippen LogP contribution in [0.2, 0.25) is 5.02 Å². The summed E-state index contributed by atoms with van der Waals surface area (Å²) in [6.07, 6.45) is 2.40. The van der Waals surface area contributed by atoms with E-state index in [4.69, 9.17) is 17.3 Å². The molecule has 0 spiro atoms. The van der Waals surface area contributed by atoms with Crippen LogP contribution in [0.4, 0.5) is 5.69 Å². The van der Waals surface area contributed by atoms with Crippen LogP contribution in [0, 0.1) is 0 Å². The molecule has 1 aromatic carbocycles. The van der Waals surface area contributed by atoms with Crippen molar-refractivity contribution in [2.45, 2.75) is 25.3 Å². The summed E-state index contributed by atoms with van der Waals surface area (Å²) in [6, 6.07) is 5.04. The zero-order valence-electron chi connectivity index (χ0n) is 10.4. The minimum absolute atomic E-state index is 0.0295. The van der Waals surface area contributed by atoms with Crippen molar-refractivity contribution in [1.29, 1.82) is 0 Å². The van der Waals surface area contributed by atoms with Crippen molar-refractivity contribution in [3.8, 4) is 0 Å². The number of nitrogen functional groups attached to an aromatic ring is 1. The lowest BCUT2D eigenvalue weighted by atomic mass is 10.2. The number of hydrogen-bond acceptors (Lipinski definition) is 3. The van der Waals surface area contributed by atoms with E-state index >= 15 is 0 Å². The smallest absolute Gasteiger partial charge is 0.251 e. The first-order chi connectivity index (χ1) is 9.06. The Balaban J connectivity index is 1.76. The van der Waals surface area contributed by atoms with Gasteiger partial charge >= 0.3 is 0 Å². The molecular weight excluding hydrogens is 266 g/mol. The number of rotatable bonds is 5. The Morgan fingerprint density at radius 2 is 2.11 bits per heavy atom. The number of nitrogens with two attached hydrogens (primary N) is 1. The lowest BCUT2D eigenvalue weighted by Gasteiger charge is -2.07. The van der Waals surface area contributed by atoms with E-state index in [2.05, 4.69) is 10.6 Å². The molecule has 6 heteroatoms. The first-order valence-electron chi connectivity index (χ1n) is 6.19. The van der Waals surface area contributed by atoms with Crippen LogP contribution in [0.3, 0.4) is 0 Å². The SMILES string of the molecule is Nc1ccc(C(=O)NCCC(=O)NC2CC2)cc1Cl. The number of nitrogens with one attached hydrogen (secondary N) is 2. The number of anilines is 1. The predicted molar refractivity (Wildman–Crippen MR) is 74.0 cm³/mol. The lowest BCUT2D eigenvalue weighted by molar-refractivity contribution is -0.121. The van der Waals surface area contributed by atoms with E-state index in [-0.39, 0.29) is 18.2 Å². The summed E-state index contributed by atoms with van der Waals surface area (Å²) in [6.45, 7) is 0.305. The highest BCUT2D eigenvalue weighted by atomic mass is 35.5. The summed E-state index contributed by atoms with van der Waals surface area (Å²) in [7, 11) is 0. The molecule has 0 saturated heterocycles. The first-order valence-corrected chi connectivity index (χ1v) is 6.56. The Labute approximate surface area is 116 Å². The molecule has 0 aliphatic heterocycles. The molecule has 2 amide bonds. The van der Waals surface area contributed by atoms with Crippen molar-refractivity contribution in [2.75, 3.05) is 12.3 Å². The fraction of sp³-hybridized carbons (Fsp3) is 0.385. The van der Waals surface area contributed by atoms with Gasteiger partial charge in [-0.15, -0.1) is 0 Å². The van der Waals surface area contributed by atoms with E-state index in [1.54, 1.807) is 12.1 Å². The third-order valence-corrected chi connectivity index (χ3v) is 3.17. The van der Waals surface area contributed by atoms with Gasteiger partial charge in [0.15, 0.2) is 0 Å². The maximum Gasteiger partial charge on any atom is 0.251 e. The Hall–Kier alpha value is -1.75. The first kappa shape index (κ1) is 13.7. The predicted octanol–water partition coefficient (Wildman–Crippen LogP) is 1.32. The van der Waals surface area contributed by atoms with Crippen LogP contribution in [0.15, 0.2) is 18.2 Å². The van der Waals surface area contributed by atoms with Crippen molar-refractivity contribution in [3.63, 3.8) is 0 Å². The molecule has 0 unspecified atom stereocenters. The van der Waals surface area contributed by atoms with Crippen LogP contribution < -0.4 is 16.4 Å². The summed E-state index contributed by atoms with van der Waals surface area (Å²) in [4.78, 5) is 23.2. The molecule has 2 rings (SSSR count). The molecule has 4 N–H and O–H groups in total. The largest absolute Gasteiger partial charge is 0.398 e. The fourth-order valence-electron chi connectivity index (χ4n) is 1.59. The molecule has 1 aromatic rings. The van der Waals surface area contributed by atoms with E-state index in [1.165, 1.54) is 6.07 Å². The molecule has 0 heterocycles. The molecule has 0 aromatic heterocycles. The standard InChI is InChI=1S/C13H16ClN3O2/c14-10-7-8(1-4-11(10)15)13(19)16-6-5-12(18)17-9-2-3-9/h1,4,7,9H,2-3,5-6,15H2,(H,16,19)(H,17,18). The summed E-state index contributed by atoms with van der Waals surface area (Å²) in [5, 5.41) is 5.87. The maximum absolute atomic E-state index is 11.8. The molecule has 1 fully saturated rings. The van der Waals surface area contributed by atoms with Crippen LogP contribution >= 0.6 is 11.6 Å². The van der Waals surface area contributed by atoms with Crippen molar-refractivity contribution < 1.29 is 9.59 Å². The molecule has 1 aliphatic carbocycles. The topological polar surface area (TPSA) is 84.2 Å². The Bertz CT molecular complexity index is 501. The number of halogens is 1. The van der Waals surface area contributed by atoms with Crippen LogP contribution in [-0.2, 0) is 4.79 Å². The van der Waals surface area contributed by atoms with Gasteiger partial charge in [-0.1, -0.05) is 11.6 Å². The number of carbonyl (C=O) groups is 2. The van der Waals surface area contributed by atoms with Crippen LogP contribution in [0.1, 0.15) is 29.6 Å². The molecule has 5 nitrogen and oxygen atoms in total. The monoisotopic (exact) mass is 281 g/mol. The van der Waals surface area contributed by atoms with Gasteiger partial charge in [-0.3, -0.25) is 9.59 Å². The Morgan fingerprint density at radius 1 is 1.37 bits per heavy atom. The molecule has 0 radical (unpaired) electrons. The highest BCUT2D eigenvalue weighted by Gasteiger charge is 2.22. The quantitative estimate of drug-likeness (QED) is 0.712. The van der Waals surface area contributed by atoms with Gasteiger partial charge in [0.1, 0.15) is 0 Å². The van der Waals surface area contributed by atoms with Gasteiger partial charge < -0.3 is 16.4 Å². The van der Waals surface area contributed by atoms with Crippen molar-refractivity contribution in [1.82, 2.24) is 10.6 Å². The van der Waals surface area contributed by atoms with E-state index in [0.29, 0.717) is 28.9 Å². The van der Waals surface area contributed by atoms with Crippen molar-refractivity contribution >= 4 is 29.1 Å². The van der Waals surface area contributed by atoms with Gasteiger partial charge in [0, 0.05) is 24.6 Å². The van der Waals surface area contributed by atoms with Gasteiger partial charge in [0.2, 0.25) is 5.91 Å². The number of benzene rings is 1. The van der Waals surface area contributed by atoms with Crippen LogP contribution in [0.25, 0.3) is 0 Å². The van der Waals surface area contributed by atoms with Crippen molar-refractivity contribution in [2.24, 2.45) is 0 Å². The Kier molecular flexibility index (Phi) is 4.27. The van der Waals surface area contributed by atoms with E-state index in [0.717, 1.165) is 12.8 Å². The third kappa shape index (κ3) is 4.13. The van der Waals surface area contributed by atoms with E-state index in [9.17, 15) is 9.59 Å². The van der Waals surface area contributed by atoms with Crippen LogP contribution in [-0.4, -0.2) is 24.4 Å². The minimum atomic E-state index is -0.263. The highest BCUT2D eigenvalue weighted by Crippen LogP contribution is 2.19. The lowest BCUT2D eigenvalue weighted by Crippen LogP contribution is -2.31. The number of carbonyl (C=O) groups excluding carboxylic acids is 2. The zero-order valence-corrected chi connectivity index (χ0v) is 11.2. The van der Waals surface area contributed by atoms with E-state index < -0.39 is 0 Å². The summed E-state index contributed by atoms with van der Waals surface area (Å²) in [5.74, 6) is -0.292. The second-order valence-corrected chi connectivity index (χ2v) is 4.99. The van der Waals surface area contributed by atoms with E-state index in [1.807, 2.05) is 0 Å². The average Bonchev–Trinajstić information content (AvgIpc) is 3.16. The fourth-order valence-corrected chi connectivity index (χ4v) is 1.77. The molecule has 1 aliphatic rings.